The van der Waals surface area contributed by atoms with Gasteiger partial charge in [-0.05, 0) is 47.4 Å². The van der Waals surface area contributed by atoms with Crippen molar-refractivity contribution < 1.29 is 13.9 Å². The number of ether oxygens (including phenoxy) is 1. The molecule has 3 aromatic rings. The molecule has 0 radical (unpaired) electrons. The van der Waals surface area contributed by atoms with E-state index in [0.717, 1.165) is 5.56 Å². The Morgan fingerprint density at radius 2 is 1.79 bits per heavy atom. The van der Waals surface area contributed by atoms with Crippen molar-refractivity contribution in [3.8, 4) is 5.75 Å². The molecule has 0 aliphatic carbocycles. The van der Waals surface area contributed by atoms with Crippen molar-refractivity contribution in [1.29, 1.82) is 0 Å². The number of nitrogens with zero attached hydrogens (tertiary/aromatic N) is 1. The summed E-state index contributed by atoms with van der Waals surface area (Å²) in [6.45, 7) is 4.97. The first-order valence-corrected chi connectivity index (χ1v) is 9.67. The molecule has 0 saturated carbocycles. The van der Waals surface area contributed by atoms with Crippen molar-refractivity contribution in [2.24, 2.45) is 0 Å². The highest BCUT2D eigenvalue weighted by atomic mass is 35.5. The van der Waals surface area contributed by atoms with Crippen molar-refractivity contribution >= 4 is 17.5 Å². The summed E-state index contributed by atoms with van der Waals surface area (Å²) in [5.74, 6) is 1.70. The predicted octanol–water partition coefficient (Wildman–Crippen LogP) is 5.66. The van der Waals surface area contributed by atoms with Gasteiger partial charge >= 0.3 is 0 Å². The van der Waals surface area contributed by atoms with E-state index in [0.29, 0.717) is 35.5 Å². The quantitative estimate of drug-likeness (QED) is 0.492. The van der Waals surface area contributed by atoms with Crippen LogP contribution in [0.15, 0.2) is 71.3 Å². The van der Waals surface area contributed by atoms with Gasteiger partial charge in [0.15, 0.2) is 6.61 Å². The van der Waals surface area contributed by atoms with Gasteiger partial charge in [-0.15, -0.1) is 0 Å². The fourth-order valence-electron chi connectivity index (χ4n) is 2.84. The Labute approximate surface area is 170 Å². The van der Waals surface area contributed by atoms with Crippen LogP contribution in [0.4, 0.5) is 0 Å². The Hall–Kier alpha value is -2.72. The molecule has 0 atom stereocenters. The van der Waals surface area contributed by atoms with E-state index < -0.39 is 0 Å². The predicted molar refractivity (Wildman–Crippen MR) is 110 cm³/mol. The molecule has 0 aliphatic heterocycles. The Morgan fingerprint density at radius 1 is 1.04 bits per heavy atom. The third kappa shape index (κ3) is 5.40. The van der Waals surface area contributed by atoms with E-state index in [4.69, 9.17) is 20.8 Å². The number of rotatable bonds is 8. The van der Waals surface area contributed by atoms with Gasteiger partial charge in [-0.1, -0.05) is 55.8 Å². The number of hydrogen-bond acceptors (Lipinski definition) is 3. The summed E-state index contributed by atoms with van der Waals surface area (Å²) in [7, 11) is 0. The second kappa shape index (κ2) is 9.47. The van der Waals surface area contributed by atoms with E-state index >= 15 is 0 Å². The summed E-state index contributed by atoms with van der Waals surface area (Å²) >= 11 is 6.28. The molecule has 2 aromatic carbocycles. The third-order valence-corrected chi connectivity index (χ3v) is 4.88. The van der Waals surface area contributed by atoms with Crippen molar-refractivity contribution in [3.05, 3.63) is 88.8 Å². The Morgan fingerprint density at radius 3 is 2.43 bits per heavy atom. The summed E-state index contributed by atoms with van der Waals surface area (Å²) in [5, 5.41) is 0.630. The number of carbonyl (C=O) groups excluding carboxylic acids is 1. The molecule has 0 N–H and O–H groups in total. The average Bonchev–Trinajstić information content (AvgIpc) is 3.20. The van der Waals surface area contributed by atoms with Crippen molar-refractivity contribution in [2.75, 3.05) is 6.61 Å². The van der Waals surface area contributed by atoms with Crippen LogP contribution in [0.5, 0.6) is 5.75 Å². The average molecular weight is 398 g/mol. The zero-order valence-electron chi connectivity index (χ0n) is 16.1. The van der Waals surface area contributed by atoms with Crippen molar-refractivity contribution in [3.63, 3.8) is 0 Å². The summed E-state index contributed by atoms with van der Waals surface area (Å²) < 4.78 is 11.1. The molecule has 5 heteroatoms. The normalized spacial score (nSPS) is 10.9. The van der Waals surface area contributed by atoms with Crippen LogP contribution in [0, 0.1) is 0 Å². The molecular formula is C23H24ClNO3. The van der Waals surface area contributed by atoms with Gasteiger partial charge in [0.2, 0.25) is 0 Å². The highest BCUT2D eigenvalue weighted by Gasteiger charge is 2.18. The van der Waals surface area contributed by atoms with Crippen LogP contribution in [-0.4, -0.2) is 17.4 Å². The number of furan rings is 1. The van der Waals surface area contributed by atoms with Gasteiger partial charge < -0.3 is 14.1 Å². The molecule has 1 aromatic heterocycles. The lowest BCUT2D eigenvalue weighted by Crippen LogP contribution is -2.34. The van der Waals surface area contributed by atoms with Crippen LogP contribution in [-0.2, 0) is 17.9 Å². The minimum Gasteiger partial charge on any atom is -0.484 e. The first-order chi connectivity index (χ1) is 13.5. The van der Waals surface area contributed by atoms with Crippen LogP contribution in [0.3, 0.4) is 0 Å². The molecule has 0 spiro atoms. The molecule has 3 rings (SSSR count). The van der Waals surface area contributed by atoms with E-state index in [-0.39, 0.29) is 12.5 Å². The Balaban J connectivity index is 1.68. The molecule has 28 heavy (non-hydrogen) atoms. The monoisotopic (exact) mass is 397 g/mol. The van der Waals surface area contributed by atoms with E-state index in [1.165, 1.54) is 5.56 Å². The molecule has 0 saturated heterocycles. The van der Waals surface area contributed by atoms with Gasteiger partial charge in [0.25, 0.3) is 5.91 Å². The van der Waals surface area contributed by atoms with Gasteiger partial charge in [0.1, 0.15) is 11.5 Å². The zero-order valence-corrected chi connectivity index (χ0v) is 16.9. The van der Waals surface area contributed by atoms with E-state index in [1.54, 1.807) is 17.2 Å². The maximum atomic E-state index is 12.8. The SMILES string of the molecule is CC(C)c1ccc(OCC(=O)N(Cc2ccco2)Cc2ccccc2Cl)cc1. The van der Waals surface area contributed by atoms with Crippen molar-refractivity contribution in [2.45, 2.75) is 32.9 Å². The summed E-state index contributed by atoms with van der Waals surface area (Å²) in [6, 6.07) is 19.0. The standard InChI is InChI=1S/C23H24ClNO3/c1-17(2)18-9-11-20(12-10-18)28-16-23(26)25(15-21-7-5-13-27-21)14-19-6-3-4-8-22(19)24/h3-13,17H,14-16H2,1-2H3. The topological polar surface area (TPSA) is 42.7 Å². The summed E-state index contributed by atoms with van der Waals surface area (Å²) in [5.41, 5.74) is 2.11. The second-order valence-electron chi connectivity index (χ2n) is 6.93. The first-order valence-electron chi connectivity index (χ1n) is 9.29. The molecule has 0 aliphatic rings. The fraction of sp³-hybridized carbons (Fsp3) is 0.261. The number of amides is 1. The van der Waals surface area contributed by atoms with E-state index in [1.807, 2.05) is 54.6 Å². The van der Waals surface area contributed by atoms with Crippen LogP contribution >= 0.6 is 11.6 Å². The lowest BCUT2D eigenvalue weighted by molar-refractivity contribution is -0.134. The Kier molecular flexibility index (Phi) is 6.77. The first kappa shape index (κ1) is 20.0. The molecule has 1 amide bonds. The highest BCUT2D eigenvalue weighted by molar-refractivity contribution is 6.31. The molecule has 146 valence electrons. The molecule has 0 bridgehead atoms. The van der Waals surface area contributed by atoms with Gasteiger partial charge in [0, 0.05) is 11.6 Å². The number of halogens is 1. The maximum absolute atomic E-state index is 12.8. The molecule has 4 nitrogen and oxygen atoms in total. The van der Waals surface area contributed by atoms with Crippen molar-refractivity contribution in [1.82, 2.24) is 4.90 Å². The second-order valence-corrected chi connectivity index (χ2v) is 7.34. The highest BCUT2D eigenvalue weighted by Crippen LogP contribution is 2.20. The lowest BCUT2D eigenvalue weighted by Gasteiger charge is -2.22. The molecule has 1 heterocycles. The number of benzene rings is 2. The molecular weight excluding hydrogens is 374 g/mol. The van der Waals surface area contributed by atoms with Crippen LogP contribution in [0.25, 0.3) is 0 Å². The van der Waals surface area contributed by atoms with Gasteiger partial charge in [-0.2, -0.15) is 0 Å². The van der Waals surface area contributed by atoms with Crippen LogP contribution in [0.2, 0.25) is 5.02 Å². The minimum absolute atomic E-state index is 0.0494. The zero-order chi connectivity index (χ0) is 19.9. The van der Waals surface area contributed by atoms with Gasteiger partial charge in [-0.3, -0.25) is 4.79 Å². The van der Waals surface area contributed by atoms with Crippen LogP contribution in [0.1, 0.15) is 36.7 Å². The van der Waals surface area contributed by atoms with E-state index in [9.17, 15) is 4.79 Å². The summed E-state index contributed by atoms with van der Waals surface area (Å²) in [6.07, 6.45) is 1.60. The maximum Gasteiger partial charge on any atom is 0.261 e. The van der Waals surface area contributed by atoms with E-state index in [2.05, 4.69) is 13.8 Å². The third-order valence-electron chi connectivity index (χ3n) is 4.51. The fourth-order valence-corrected chi connectivity index (χ4v) is 3.04. The summed E-state index contributed by atoms with van der Waals surface area (Å²) in [4.78, 5) is 14.5. The van der Waals surface area contributed by atoms with Gasteiger partial charge in [-0.25, -0.2) is 0 Å². The largest absolute Gasteiger partial charge is 0.484 e. The number of carbonyl (C=O) groups is 1. The number of hydrogen-bond donors (Lipinski definition) is 0. The smallest absolute Gasteiger partial charge is 0.261 e. The van der Waals surface area contributed by atoms with Gasteiger partial charge in [0.05, 0.1) is 12.8 Å². The molecule has 0 fully saturated rings. The Bertz CT molecular complexity index is 888. The molecule has 0 unspecified atom stereocenters. The minimum atomic E-state index is -0.135. The van der Waals surface area contributed by atoms with Crippen LogP contribution < -0.4 is 4.74 Å². The lowest BCUT2D eigenvalue weighted by atomic mass is 10.0.